The smallest absolute Gasteiger partial charge is 0.0739 e. The van der Waals surface area contributed by atoms with Crippen molar-refractivity contribution in [2.45, 2.75) is 32.1 Å². The van der Waals surface area contributed by atoms with Crippen LogP contribution in [-0.2, 0) is 0 Å². The predicted octanol–water partition coefficient (Wildman–Crippen LogP) is 3.85. The third-order valence-corrected chi connectivity index (χ3v) is 3.58. The predicted molar refractivity (Wildman–Crippen MR) is 63.2 cm³/mol. The van der Waals surface area contributed by atoms with Crippen molar-refractivity contribution in [1.82, 2.24) is 4.98 Å². The fourth-order valence-electron chi connectivity index (χ4n) is 2.91. The molecule has 15 heavy (non-hydrogen) atoms. The molecule has 2 unspecified atom stereocenters. The molecule has 1 aliphatic rings. The van der Waals surface area contributed by atoms with Gasteiger partial charge in [0.25, 0.3) is 0 Å². The van der Waals surface area contributed by atoms with Gasteiger partial charge in [0.2, 0.25) is 0 Å². The highest BCUT2D eigenvalue weighted by Crippen LogP contribution is 2.43. The van der Waals surface area contributed by atoms with Gasteiger partial charge in [-0.15, -0.1) is 0 Å². The maximum Gasteiger partial charge on any atom is 0.0739 e. The molecule has 0 bridgehead atoms. The van der Waals surface area contributed by atoms with Crippen molar-refractivity contribution in [1.29, 1.82) is 0 Å². The molecule has 0 amide bonds. The fraction of sp³-hybridized carbons (Fsp3) is 0.357. The van der Waals surface area contributed by atoms with Crippen molar-refractivity contribution in [3.05, 3.63) is 41.6 Å². The number of fused-ring (bicyclic) bond motifs is 3. The summed E-state index contributed by atoms with van der Waals surface area (Å²) in [6.45, 7) is 4.63. The molecule has 1 nitrogen and oxygen atoms in total. The van der Waals surface area contributed by atoms with Gasteiger partial charge in [0.05, 0.1) is 5.52 Å². The summed E-state index contributed by atoms with van der Waals surface area (Å²) in [5, 5.41) is 1.28. The lowest BCUT2D eigenvalue weighted by atomic mass is 9.99. The van der Waals surface area contributed by atoms with Gasteiger partial charge in [0.1, 0.15) is 0 Å². The van der Waals surface area contributed by atoms with E-state index in [1.807, 2.05) is 12.3 Å². The Bertz CT molecular complexity index is 516. The maximum atomic E-state index is 4.54. The summed E-state index contributed by atoms with van der Waals surface area (Å²) < 4.78 is 0. The number of aromatic nitrogens is 1. The summed E-state index contributed by atoms with van der Waals surface area (Å²) in [7, 11) is 0. The van der Waals surface area contributed by atoms with E-state index in [1.165, 1.54) is 28.5 Å². The first-order chi connectivity index (χ1) is 7.27. The molecule has 0 saturated carbocycles. The molecule has 0 spiro atoms. The quantitative estimate of drug-likeness (QED) is 0.625. The van der Waals surface area contributed by atoms with Crippen LogP contribution in [0.2, 0.25) is 0 Å². The average Bonchev–Trinajstić information content (AvgIpc) is 2.55. The van der Waals surface area contributed by atoms with Gasteiger partial charge in [0, 0.05) is 11.6 Å². The van der Waals surface area contributed by atoms with E-state index in [-0.39, 0.29) is 0 Å². The highest BCUT2D eigenvalue weighted by atomic mass is 14.7. The lowest BCUT2D eigenvalue weighted by Gasteiger charge is -2.08. The van der Waals surface area contributed by atoms with E-state index in [9.17, 15) is 0 Å². The molecule has 0 fully saturated rings. The van der Waals surface area contributed by atoms with Crippen molar-refractivity contribution in [2.24, 2.45) is 0 Å². The Morgan fingerprint density at radius 1 is 1.13 bits per heavy atom. The van der Waals surface area contributed by atoms with Gasteiger partial charge in [-0.2, -0.15) is 0 Å². The van der Waals surface area contributed by atoms with E-state index in [4.69, 9.17) is 0 Å². The number of nitrogens with zero attached hydrogens (tertiary/aromatic N) is 1. The Kier molecular flexibility index (Phi) is 1.82. The Morgan fingerprint density at radius 3 is 2.87 bits per heavy atom. The van der Waals surface area contributed by atoms with Crippen molar-refractivity contribution in [3.8, 4) is 0 Å². The Hall–Kier alpha value is -1.37. The largest absolute Gasteiger partial charge is 0.256 e. The van der Waals surface area contributed by atoms with E-state index >= 15 is 0 Å². The zero-order chi connectivity index (χ0) is 10.4. The molecule has 1 heteroatoms. The van der Waals surface area contributed by atoms with Gasteiger partial charge in [-0.3, -0.25) is 4.98 Å². The number of rotatable bonds is 0. The second-order valence-corrected chi connectivity index (χ2v) is 4.68. The van der Waals surface area contributed by atoms with E-state index in [2.05, 4.69) is 37.0 Å². The molecule has 0 aliphatic heterocycles. The first kappa shape index (κ1) is 8.90. The molecule has 0 N–H and O–H groups in total. The molecule has 1 aliphatic carbocycles. The van der Waals surface area contributed by atoms with Crippen LogP contribution in [0.15, 0.2) is 30.5 Å². The van der Waals surface area contributed by atoms with E-state index < -0.39 is 0 Å². The zero-order valence-electron chi connectivity index (χ0n) is 9.20. The number of benzene rings is 1. The van der Waals surface area contributed by atoms with Crippen molar-refractivity contribution in [3.63, 3.8) is 0 Å². The zero-order valence-corrected chi connectivity index (χ0v) is 9.20. The summed E-state index contributed by atoms with van der Waals surface area (Å²) >= 11 is 0. The molecular weight excluding hydrogens is 182 g/mol. The highest BCUT2D eigenvalue weighted by Gasteiger charge is 2.26. The van der Waals surface area contributed by atoms with Gasteiger partial charge in [-0.1, -0.05) is 32.0 Å². The standard InChI is InChI=1S/C14H15N/c1-9-8-10(2)13-12(9)6-5-11-4-3-7-15-14(11)13/h3-7,9-10H,8H2,1-2H3. The maximum absolute atomic E-state index is 4.54. The minimum Gasteiger partial charge on any atom is -0.256 e. The van der Waals surface area contributed by atoms with Crippen LogP contribution < -0.4 is 0 Å². The van der Waals surface area contributed by atoms with E-state index in [1.54, 1.807) is 0 Å². The molecular formula is C14H15N. The molecule has 2 atom stereocenters. The van der Waals surface area contributed by atoms with Crippen molar-refractivity contribution < 1.29 is 0 Å². The molecule has 2 aromatic rings. The van der Waals surface area contributed by atoms with Crippen LogP contribution in [-0.4, -0.2) is 4.98 Å². The Labute approximate surface area is 90.2 Å². The van der Waals surface area contributed by atoms with Gasteiger partial charge in [-0.05, 0) is 35.4 Å². The SMILES string of the molecule is CC1CC(C)c2c1ccc1cccnc21. The topological polar surface area (TPSA) is 12.9 Å². The second-order valence-electron chi connectivity index (χ2n) is 4.68. The van der Waals surface area contributed by atoms with E-state index in [0.717, 1.165) is 0 Å². The monoisotopic (exact) mass is 197 g/mol. The average molecular weight is 197 g/mol. The van der Waals surface area contributed by atoms with Gasteiger partial charge < -0.3 is 0 Å². The first-order valence-corrected chi connectivity index (χ1v) is 5.65. The summed E-state index contributed by atoms with van der Waals surface area (Å²) in [5.74, 6) is 1.36. The fourth-order valence-corrected chi connectivity index (χ4v) is 2.91. The molecule has 1 heterocycles. The van der Waals surface area contributed by atoms with Crippen LogP contribution in [0.1, 0.15) is 43.2 Å². The van der Waals surface area contributed by atoms with Crippen LogP contribution in [0.4, 0.5) is 0 Å². The summed E-state index contributed by atoms with van der Waals surface area (Å²) in [6.07, 6.45) is 3.17. The normalized spacial score (nSPS) is 24.4. The minimum absolute atomic E-state index is 0.661. The lowest BCUT2D eigenvalue weighted by Crippen LogP contribution is -1.91. The molecule has 76 valence electrons. The van der Waals surface area contributed by atoms with Crippen molar-refractivity contribution in [2.75, 3.05) is 0 Å². The van der Waals surface area contributed by atoms with Crippen LogP contribution >= 0.6 is 0 Å². The van der Waals surface area contributed by atoms with E-state index in [0.29, 0.717) is 11.8 Å². The van der Waals surface area contributed by atoms with Crippen LogP contribution in [0.25, 0.3) is 10.9 Å². The van der Waals surface area contributed by atoms with Gasteiger partial charge in [-0.25, -0.2) is 0 Å². The highest BCUT2D eigenvalue weighted by molar-refractivity contribution is 5.84. The molecule has 0 radical (unpaired) electrons. The molecule has 1 aromatic carbocycles. The third-order valence-electron chi connectivity index (χ3n) is 3.58. The Balaban J connectivity index is 2.39. The number of pyridine rings is 1. The molecule has 0 saturated heterocycles. The molecule has 1 aromatic heterocycles. The summed E-state index contributed by atoms with van der Waals surface area (Å²) in [4.78, 5) is 4.54. The van der Waals surface area contributed by atoms with Crippen LogP contribution in [0.5, 0.6) is 0 Å². The Morgan fingerprint density at radius 2 is 2.00 bits per heavy atom. The van der Waals surface area contributed by atoms with Crippen LogP contribution in [0.3, 0.4) is 0 Å². The van der Waals surface area contributed by atoms with Gasteiger partial charge >= 0.3 is 0 Å². The van der Waals surface area contributed by atoms with Crippen molar-refractivity contribution >= 4 is 10.9 Å². The molecule has 3 rings (SSSR count). The summed E-state index contributed by atoms with van der Waals surface area (Å²) in [6, 6.07) is 8.65. The number of hydrogen-bond donors (Lipinski definition) is 0. The van der Waals surface area contributed by atoms with Gasteiger partial charge in [0.15, 0.2) is 0 Å². The number of hydrogen-bond acceptors (Lipinski definition) is 1. The first-order valence-electron chi connectivity index (χ1n) is 5.65. The minimum atomic E-state index is 0.661. The third kappa shape index (κ3) is 1.19. The second kappa shape index (κ2) is 3.06. The lowest BCUT2D eigenvalue weighted by molar-refractivity contribution is 0.662. The van der Waals surface area contributed by atoms with Crippen LogP contribution in [0, 0.1) is 0 Å². The summed E-state index contributed by atoms with van der Waals surface area (Å²) in [5.41, 5.74) is 4.21.